The third-order valence-electron chi connectivity index (χ3n) is 13.4. The monoisotopic (exact) mass is 1940 g/mol. The predicted octanol–water partition coefficient (Wildman–Crippen LogP) is 8.18. The third kappa shape index (κ3) is 35.4. The van der Waals surface area contributed by atoms with Gasteiger partial charge >= 0.3 is 47.5 Å². The number of carboxylic acids is 1. The van der Waals surface area contributed by atoms with Gasteiger partial charge in [0, 0.05) is 236 Å². The molecule has 24 nitrogen and oxygen atoms in total. The first kappa shape index (κ1) is 115. The first-order valence-corrected chi connectivity index (χ1v) is 30.8. The van der Waals surface area contributed by atoms with Crippen LogP contribution >= 0.6 is 0 Å². The minimum absolute atomic E-state index is 0. The number of nitrogens with one attached hydrogen (secondary N) is 1. The zero-order chi connectivity index (χ0) is 74.0. The summed E-state index contributed by atoms with van der Waals surface area (Å²) in [5.41, 5.74) is 12.3. The van der Waals surface area contributed by atoms with Crippen LogP contribution in [0.5, 0.6) is 0 Å². The van der Waals surface area contributed by atoms with Crippen molar-refractivity contribution < 1.29 is 294 Å². The van der Waals surface area contributed by atoms with E-state index in [0.717, 1.165) is 33.6 Å². The molecule has 31 heteroatoms. The maximum atomic E-state index is 11.8. The molecule has 0 aliphatic heterocycles. The second-order valence-corrected chi connectivity index (χ2v) is 20.3. The summed E-state index contributed by atoms with van der Waals surface area (Å²) < 4.78 is 25.7. The molecule has 560 valence electrons. The van der Waals surface area contributed by atoms with Crippen molar-refractivity contribution in [3.8, 4) is 45.0 Å². The minimum Gasteiger partial charge on any atom is -0.870 e. The molecule has 0 aliphatic carbocycles. The zero-order valence-electron chi connectivity index (χ0n) is 62.1. The number of carbonyl (C=O) groups excluding carboxylic acids is 7. The van der Waals surface area contributed by atoms with Gasteiger partial charge in [-0.25, -0.2) is 25.2 Å². The summed E-state index contributed by atoms with van der Waals surface area (Å²) in [6.07, 6.45) is 0.306. The van der Waals surface area contributed by atoms with Crippen LogP contribution in [0.4, 0.5) is 0 Å². The summed E-state index contributed by atoms with van der Waals surface area (Å²) in [5, 5.41) is 25.5. The maximum absolute atomic E-state index is 11.8. The van der Waals surface area contributed by atoms with Gasteiger partial charge in [0.1, 0.15) is 0 Å². The van der Waals surface area contributed by atoms with Crippen molar-refractivity contribution in [1.29, 1.82) is 0 Å². The van der Waals surface area contributed by atoms with Crippen LogP contribution in [-0.2, 0) is 253 Å². The first-order valence-electron chi connectivity index (χ1n) is 30.8. The van der Waals surface area contributed by atoms with Crippen molar-refractivity contribution in [2.45, 2.75) is 41.5 Å². The zero-order valence-corrected chi connectivity index (χ0v) is 81.2. The fraction of sp³-hybridized carbons (Fsp3) is 0.205. The van der Waals surface area contributed by atoms with Crippen LogP contribution in [0, 0.1) is 83.9 Å². The average Bonchev–Trinajstić information content (AvgIpc) is 1.68. The molecular weight excluding hydrogens is 1860 g/mol. The van der Waals surface area contributed by atoms with Crippen molar-refractivity contribution in [2.24, 2.45) is 40.0 Å². The number of rotatable bonds is 18. The van der Waals surface area contributed by atoms with E-state index in [4.69, 9.17) is 19.3 Å². The summed E-state index contributed by atoms with van der Waals surface area (Å²) >= 11 is 0. The van der Waals surface area contributed by atoms with Crippen LogP contribution in [0.3, 0.4) is 0 Å². The van der Waals surface area contributed by atoms with Gasteiger partial charge in [0.05, 0.1) is 49.3 Å². The summed E-state index contributed by atoms with van der Waals surface area (Å²) in [4.78, 5) is 91.4. The minimum atomic E-state index is -1.28. The van der Waals surface area contributed by atoms with Gasteiger partial charge in [-0.05, 0) is 57.5 Å². The van der Waals surface area contributed by atoms with Gasteiger partial charge in [-0.15, -0.1) is 238 Å². The van der Waals surface area contributed by atoms with Crippen LogP contribution in [0.2, 0.25) is 0 Å². The molecule has 6 radical (unpaired) electrons. The SMILES string of the molecule is C.CNN.[CH2-]C(C(=O)C(=O)OCC)C(=O)c1[c-]cccc1.[CH2-]CC(=O)c1[c-]cccc1.[CH2-]c1c(-c2[c-]cccc2)nn(C)c1C(=O)OCC.[CH2-]c1c(C(=O)O)nn(C)c1-c1[c-]cccc1.[CH2-]c1c(C(=O)OCC)nn(C)c1-c1[c-]cccc1.[CH2-]c1c(C(=O)OCC)nn(C)c1-c1[c-]cccc1.[Na+].[OH-].[Y].[Y].[Y].[Y].[Y].[Y]. The largest absolute Gasteiger partial charge is 1.00 e. The fourth-order valence-electron chi connectivity index (χ4n) is 8.91. The van der Waals surface area contributed by atoms with E-state index in [1.165, 1.54) is 15.4 Å². The first-order chi connectivity index (χ1) is 47.9. The molecule has 6 aromatic carbocycles. The number of esters is 4. The normalized spacial score (nSPS) is 9.47. The van der Waals surface area contributed by atoms with Crippen LogP contribution in [-0.4, -0.2) is 130 Å². The third-order valence-corrected chi connectivity index (χ3v) is 13.4. The smallest absolute Gasteiger partial charge is 0.870 e. The molecule has 10 rings (SSSR count). The summed E-state index contributed by atoms with van der Waals surface area (Å²) in [6, 6.07) is 61.1. The van der Waals surface area contributed by atoms with Gasteiger partial charge in [-0.1, -0.05) is 13.3 Å². The van der Waals surface area contributed by atoms with E-state index < -0.39 is 47.3 Å². The number of ether oxygens (including phenoxy) is 4. The molecular formula is C78H83N10NaO14Y6-12. The average molecular weight is 1940 g/mol. The van der Waals surface area contributed by atoms with Gasteiger partial charge in [0.15, 0.2) is 0 Å². The molecule has 5 N–H and O–H groups in total. The predicted molar refractivity (Wildman–Crippen MR) is 384 cm³/mol. The van der Waals surface area contributed by atoms with Crippen molar-refractivity contribution >= 4 is 47.2 Å². The fourth-order valence-corrected chi connectivity index (χ4v) is 8.91. The van der Waals surface area contributed by atoms with Crippen molar-refractivity contribution in [3.05, 3.63) is 280 Å². The van der Waals surface area contributed by atoms with E-state index in [0.29, 0.717) is 71.1 Å². The Morgan fingerprint density at radius 2 is 0.789 bits per heavy atom. The van der Waals surface area contributed by atoms with Crippen LogP contribution in [0.15, 0.2) is 146 Å². The molecule has 0 aliphatic rings. The van der Waals surface area contributed by atoms with Gasteiger partial charge < -0.3 is 71.7 Å². The Hall–Kier alpha value is -4.50. The molecule has 4 aromatic heterocycles. The maximum Gasteiger partial charge on any atom is 1.00 e. The summed E-state index contributed by atoms with van der Waals surface area (Å²) in [7, 11) is 8.59. The molecule has 0 spiro atoms. The van der Waals surface area contributed by atoms with Crippen LogP contribution in [0.25, 0.3) is 45.0 Å². The number of Topliss-reactive ketones (excluding diaryl/α,β-unsaturated/α-hetero) is 3. The molecule has 109 heavy (non-hydrogen) atoms. The number of hydrogen-bond donors (Lipinski definition) is 3. The summed E-state index contributed by atoms with van der Waals surface area (Å²) in [5.74, 6) is -1.51. The van der Waals surface area contributed by atoms with Gasteiger partial charge in [0.25, 0.3) is 11.9 Å². The molecule has 0 bridgehead atoms. The Bertz CT molecular complexity index is 4210. The Balaban J connectivity index is -0.000000287. The van der Waals surface area contributed by atoms with E-state index in [-0.39, 0.29) is 274 Å². The molecule has 10 aromatic rings. The second-order valence-electron chi connectivity index (χ2n) is 20.3. The van der Waals surface area contributed by atoms with Crippen molar-refractivity contribution in [3.63, 3.8) is 0 Å². The number of nitrogens with zero attached hydrogens (tertiary/aromatic N) is 8. The van der Waals surface area contributed by atoms with E-state index in [1.54, 1.807) is 115 Å². The number of carbonyl (C=O) groups is 8. The number of hydrogen-bond acceptors (Lipinski definition) is 19. The molecule has 1 unspecified atom stereocenters. The van der Waals surface area contributed by atoms with E-state index in [9.17, 15) is 38.4 Å². The van der Waals surface area contributed by atoms with Gasteiger partial charge in [-0.2, -0.15) is 34.1 Å². The molecule has 0 amide bonds. The second kappa shape index (κ2) is 61.9. The Morgan fingerprint density at radius 3 is 1.09 bits per heavy atom. The Labute approximate surface area is 813 Å². The molecule has 0 saturated carbocycles. The number of aromatic nitrogens is 8. The van der Waals surface area contributed by atoms with Crippen LogP contribution in [0.1, 0.15) is 126 Å². The standard InChI is InChI=1S/3C14H14N2O2.C13H12O4.C12H10N2O2.C9H8O.CH6N2.CH4.Na.H2O.6Y/c2*1-4-18-14(17)12-10(2)13(16(3)15-12)11-8-6-5-7-9-11;1-4-18-14(17)13-10(2)12(15-16(13)3)11-8-6-5-7-9-11;1-3-17-13(16)12(15)9(2)11(14)10-7-5-4-6-8-10;1-8-10(12(15)16)13-14(2)11(8)9-6-4-3-5-7-9;1-2-9(10)8-6-4-3-5-7-8;1-3-2;;;;;;;;;/h3*5-8H,2,4H2,1,3H3;4-7,9H,2-3H2,1H3;3-6H,1H2,2H3,(H,15,16);3-6H,1-2H2;3H,2H2,1H3;1H4;;1H2;;;;;;/q6*-2;;;+1;;;;;;;/p-1. The van der Waals surface area contributed by atoms with E-state index in [1.807, 2.05) is 97.1 Å². The number of benzene rings is 6. The molecule has 1 atom stereocenters. The van der Waals surface area contributed by atoms with Crippen molar-refractivity contribution in [2.75, 3.05) is 33.5 Å². The number of carboxylic acid groups (broad SMARTS) is 1. The quantitative estimate of drug-likeness (QED) is 0.00838. The number of aryl methyl sites for hydroxylation is 4. The molecule has 4 heterocycles. The summed E-state index contributed by atoms with van der Waals surface area (Å²) in [6.45, 7) is 30.3. The Morgan fingerprint density at radius 1 is 0.477 bits per heavy atom. The number of nitrogens with two attached hydrogens (primary N) is 1. The van der Waals surface area contributed by atoms with Gasteiger partial charge in [-0.3, -0.25) is 35.2 Å². The topological polar surface area (TPSA) is 333 Å². The van der Waals surface area contributed by atoms with Gasteiger partial charge in [0.2, 0.25) is 5.78 Å². The van der Waals surface area contributed by atoms with Crippen LogP contribution < -0.4 is 40.8 Å². The number of aromatic carboxylic acids is 1. The molecule has 0 saturated heterocycles. The van der Waals surface area contributed by atoms with E-state index >= 15 is 0 Å². The van der Waals surface area contributed by atoms with E-state index in [2.05, 4.69) is 114 Å². The van der Waals surface area contributed by atoms with Crippen molar-refractivity contribution in [1.82, 2.24) is 44.5 Å². The number of hydrazine groups is 1. The molecule has 0 fully saturated rings. The number of ketones is 3. The Kier molecular flexibility index (Phi) is 65.6.